The normalized spacial score (nSPS) is 11.2. The highest BCUT2D eigenvalue weighted by atomic mass is 19.4. The quantitative estimate of drug-likeness (QED) is 0.888. The maximum atomic E-state index is 12.8. The molecule has 5 nitrogen and oxygen atoms in total. The lowest BCUT2D eigenvalue weighted by molar-refractivity contribution is -0.137. The molecule has 0 bridgehead atoms. The minimum Gasteiger partial charge on any atom is -0.370 e. The largest absolute Gasteiger partial charge is 0.416 e. The van der Waals surface area contributed by atoms with E-state index < -0.39 is 11.7 Å². The molecular formula is C13H14F3N5. The number of hydrogen-bond donors (Lipinski definition) is 2. The minimum absolute atomic E-state index is 0.131. The van der Waals surface area contributed by atoms with Crippen molar-refractivity contribution in [1.82, 2.24) is 15.2 Å². The first kappa shape index (κ1) is 15.0. The van der Waals surface area contributed by atoms with Gasteiger partial charge in [0.25, 0.3) is 0 Å². The van der Waals surface area contributed by atoms with Crippen LogP contribution in [0.1, 0.15) is 18.2 Å². The van der Waals surface area contributed by atoms with Crippen LogP contribution in [0, 0.1) is 0 Å². The topological polar surface area (TPSA) is 62.7 Å². The number of pyridine rings is 1. The fraction of sp³-hybridized carbons (Fsp3) is 0.308. The van der Waals surface area contributed by atoms with Gasteiger partial charge in [-0.25, -0.2) is 4.98 Å². The monoisotopic (exact) mass is 297 g/mol. The maximum Gasteiger partial charge on any atom is 0.416 e. The van der Waals surface area contributed by atoms with E-state index in [1.807, 2.05) is 0 Å². The van der Waals surface area contributed by atoms with Crippen molar-refractivity contribution in [3.63, 3.8) is 0 Å². The van der Waals surface area contributed by atoms with Crippen LogP contribution in [0.15, 0.2) is 30.5 Å². The number of rotatable bonds is 5. The number of anilines is 2. The molecule has 0 saturated heterocycles. The predicted molar refractivity (Wildman–Crippen MR) is 72.8 cm³/mol. The minimum atomic E-state index is -4.42. The van der Waals surface area contributed by atoms with Crippen LogP contribution in [0.5, 0.6) is 0 Å². The van der Waals surface area contributed by atoms with Crippen LogP contribution >= 0.6 is 0 Å². The number of hydrogen-bond acceptors (Lipinski definition) is 5. The SMILES string of the molecule is CCNc1cc(C(F)(F)F)cc(NCc2cccnn2)n1. The van der Waals surface area contributed by atoms with E-state index in [-0.39, 0.29) is 18.2 Å². The highest BCUT2D eigenvalue weighted by Gasteiger charge is 2.31. The van der Waals surface area contributed by atoms with Crippen molar-refractivity contribution in [1.29, 1.82) is 0 Å². The van der Waals surface area contributed by atoms with Crippen molar-refractivity contribution >= 4 is 11.6 Å². The van der Waals surface area contributed by atoms with E-state index in [1.54, 1.807) is 19.1 Å². The smallest absolute Gasteiger partial charge is 0.370 e. The first-order chi connectivity index (χ1) is 9.99. The number of nitrogens with one attached hydrogen (secondary N) is 2. The summed E-state index contributed by atoms with van der Waals surface area (Å²) in [6.07, 6.45) is -2.90. The molecule has 0 spiro atoms. The van der Waals surface area contributed by atoms with Gasteiger partial charge in [0.2, 0.25) is 0 Å². The Balaban J connectivity index is 2.19. The average Bonchev–Trinajstić information content (AvgIpc) is 2.45. The average molecular weight is 297 g/mol. The Kier molecular flexibility index (Phi) is 4.56. The van der Waals surface area contributed by atoms with Gasteiger partial charge in [0, 0.05) is 12.7 Å². The lowest BCUT2D eigenvalue weighted by Gasteiger charge is -2.13. The van der Waals surface area contributed by atoms with E-state index in [1.165, 1.54) is 6.20 Å². The highest BCUT2D eigenvalue weighted by molar-refractivity contribution is 5.49. The van der Waals surface area contributed by atoms with E-state index in [0.29, 0.717) is 12.2 Å². The Bertz CT molecular complexity index is 586. The second kappa shape index (κ2) is 6.38. The van der Waals surface area contributed by atoms with Crippen LogP contribution in [0.2, 0.25) is 0 Å². The zero-order valence-corrected chi connectivity index (χ0v) is 11.3. The van der Waals surface area contributed by atoms with Gasteiger partial charge in [0.15, 0.2) is 0 Å². The Morgan fingerprint density at radius 3 is 2.43 bits per heavy atom. The molecule has 2 aromatic rings. The molecule has 2 heterocycles. The van der Waals surface area contributed by atoms with Crippen molar-refractivity contribution in [2.45, 2.75) is 19.6 Å². The third-order valence-electron chi connectivity index (χ3n) is 2.59. The summed E-state index contributed by atoms with van der Waals surface area (Å²) >= 11 is 0. The molecule has 0 aliphatic heterocycles. The Hall–Kier alpha value is -2.38. The van der Waals surface area contributed by atoms with E-state index in [4.69, 9.17) is 0 Å². The number of nitrogens with zero attached hydrogens (tertiary/aromatic N) is 3. The van der Waals surface area contributed by atoms with Gasteiger partial charge in [-0.2, -0.15) is 23.4 Å². The molecule has 0 aliphatic rings. The molecular weight excluding hydrogens is 283 g/mol. The Morgan fingerprint density at radius 2 is 1.86 bits per heavy atom. The molecule has 0 saturated carbocycles. The van der Waals surface area contributed by atoms with Gasteiger partial charge in [-0.15, -0.1) is 0 Å². The third kappa shape index (κ3) is 4.30. The Morgan fingerprint density at radius 1 is 1.14 bits per heavy atom. The zero-order chi connectivity index (χ0) is 15.3. The van der Waals surface area contributed by atoms with Crippen LogP contribution in [-0.4, -0.2) is 21.7 Å². The molecule has 0 amide bonds. The summed E-state index contributed by atoms with van der Waals surface area (Å²) in [4.78, 5) is 4.08. The van der Waals surface area contributed by atoms with E-state index in [9.17, 15) is 13.2 Å². The molecule has 0 aliphatic carbocycles. The molecule has 0 fully saturated rings. The standard InChI is InChI=1S/C13H14F3N5/c1-2-17-11-6-9(13(14,15)16)7-12(20-11)18-8-10-4-3-5-19-21-10/h3-7H,2,8H2,1H3,(H2,17,18,20). The Labute approximate surface area is 119 Å². The first-order valence-electron chi connectivity index (χ1n) is 6.32. The molecule has 112 valence electrons. The second-order valence-corrected chi connectivity index (χ2v) is 4.22. The summed E-state index contributed by atoms with van der Waals surface area (Å²) in [5.41, 5.74) is -0.142. The van der Waals surface area contributed by atoms with Crippen molar-refractivity contribution in [3.05, 3.63) is 41.7 Å². The van der Waals surface area contributed by atoms with Gasteiger partial charge < -0.3 is 10.6 Å². The van der Waals surface area contributed by atoms with Crippen molar-refractivity contribution in [3.8, 4) is 0 Å². The van der Waals surface area contributed by atoms with Crippen molar-refractivity contribution in [2.75, 3.05) is 17.2 Å². The maximum absolute atomic E-state index is 12.8. The van der Waals surface area contributed by atoms with Gasteiger partial charge in [0.1, 0.15) is 11.6 Å². The fourth-order valence-electron chi connectivity index (χ4n) is 1.67. The number of halogens is 3. The van der Waals surface area contributed by atoms with E-state index in [2.05, 4.69) is 25.8 Å². The van der Waals surface area contributed by atoms with Crippen LogP contribution < -0.4 is 10.6 Å². The predicted octanol–water partition coefficient (Wildman–Crippen LogP) is 2.93. The van der Waals surface area contributed by atoms with Gasteiger partial charge in [-0.3, -0.25) is 0 Å². The van der Waals surface area contributed by atoms with Gasteiger partial charge in [-0.1, -0.05) is 0 Å². The van der Waals surface area contributed by atoms with Crippen LogP contribution in [0.4, 0.5) is 24.8 Å². The lowest BCUT2D eigenvalue weighted by atomic mass is 10.2. The highest BCUT2D eigenvalue weighted by Crippen LogP contribution is 2.32. The summed E-state index contributed by atoms with van der Waals surface area (Å²) in [5.74, 6) is 0.306. The molecule has 8 heteroatoms. The van der Waals surface area contributed by atoms with Crippen LogP contribution in [0.25, 0.3) is 0 Å². The molecule has 2 N–H and O–H groups in total. The number of alkyl halides is 3. The van der Waals surface area contributed by atoms with Crippen molar-refractivity contribution < 1.29 is 13.2 Å². The van der Waals surface area contributed by atoms with Crippen LogP contribution in [-0.2, 0) is 12.7 Å². The molecule has 2 aromatic heterocycles. The molecule has 0 unspecified atom stereocenters. The molecule has 0 atom stereocenters. The van der Waals surface area contributed by atoms with E-state index >= 15 is 0 Å². The van der Waals surface area contributed by atoms with Gasteiger partial charge in [-0.05, 0) is 31.2 Å². The van der Waals surface area contributed by atoms with Crippen LogP contribution in [0.3, 0.4) is 0 Å². The zero-order valence-electron chi connectivity index (χ0n) is 11.3. The summed E-state index contributed by atoms with van der Waals surface area (Å²) in [7, 11) is 0. The summed E-state index contributed by atoms with van der Waals surface area (Å²) in [6, 6.07) is 5.38. The summed E-state index contributed by atoms with van der Waals surface area (Å²) < 4.78 is 38.5. The summed E-state index contributed by atoms with van der Waals surface area (Å²) in [5, 5.41) is 13.1. The van der Waals surface area contributed by atoms with Gasteiger partial charge in [0.05, 0.1) is 17.8 Å². The summed E-state index contributed by atoms with van der Waals surface area (Å²) in [6.45, 7) is 2.51. The molecule has 2 rings (SSSR count). The molecule has 21 heavy (non-hydrogen) atoms. The third-order valence-corrected chi connectivity index (χ3v) is 2.59. The molecule has 0 radical (unpaired) electrons. The second-order valence-electron chi connectivity index (χ2n) is 4.22. The number of aromatic nitrogens is 3. The van der Waals surface area contributed by atoms with E-state index in [0.717, 1.165) is 12.1 Å². The lowest BCUT2D eigenvalue weighted by Crippen LogP contribution is -2.11. The molecule has 0 aromatic carbocycles. The van der Waals surface area contributed by atoms with Gasteiger partial charge >= 0.3 is 6.18 Å². The fourth-order valence-corrected chi connectivity index (χ4v) is 1.67. The van der Waals surface area contributed by atoms with Crippen molar-refractivity contribution in [2.24, 2.45) is 0 Å². The first-order valence-corrected chi connectivity index (χ1v) is 6.32.